The maximum absolute atomic E-state index is 12.2. The number of carbonyl (C=O) groups excluding carboxylic acids is 2. The fourth-order valence-corrected chi connectivity index (χ4v) is 3.15. The molecule has 0 bridgehead atoms. The van der Waals surface area contributed by atoms with E-state index in [-0.39, 0.29) is 24.3 Å². The van der Waals surface area contributed by atoms with E-state index in [9.17, 15) is 9.59 Å². The number of rotatable bonds is 7. The highest BCUT2D eigenvalue weighted by atomic mass is 35.5. The summed E-state index contributed by atoms with van der Waals surface area (Å²) in [7, 11) is 7.40. The smallest absolute Gasteiger partial charge is 0.339 e. The quantitative estimate of drug-likeness (QED) is 0.278. The molecule has 1 heterocycles. The number of halogens is 1. The van der Waals surface area contributed by atoms with Crippen molar-refractivity contribution in [1.82, 2.24) is 5.43 Å². The number of fused-ring (bicyclic) bond motifs is 1. The molecule has 2 aromatic carbocycles. The number of benzene rings is 2. The zero-order valence-corrected chi connectivity index (χ0v) is 18.3. The van der Waals surface area contributed by atoms with Gasteiger partial charge in [-0.2, -0.15) is 5.10 Å². The third-order valence-electron chi connectivity index (χ3n) is 4.51. The van der Waals surface area contributed by atoms with Crippen LogP contribution in [0.2, 0.25) is 0 Å². The number of quaternary nitrogens is 1. The largest absolute Gasteiger partial charge is 1.00 e. The lowest BCUT2D eigenvalue weighted by Crippen LogP contribution is -3.00. The van der Waals surface area contributed by atoms with E-state index >= 15 is 0 Å². The first kappa shape index (κ1) is 23.4. The standard InChI is InChI=1S/C22H25N3O4.ClH/c1-25(2,3)14-21(26)24-23-19(15-9-11-16(28-4)12-10-15)13-20-17-7-5-6-8-18(17)22(27)29-20;/h5-12,20H,13-14H2,1-4H3;1H/b23-19-;. The van der Waals surface area contributed by atoms with E-state index in [1.165, 1.54) is 0 Å². The van der Waals surface area contributed by atoms with Crippen molar-refractivity contribution in [2.24, 2.45) is 5.10 Å². The number of hydrogen-bond acceptors (Lipinski definition) is 5. The maximum atomic E-state index is 12.2. The first-order valence-electron chi connectivity index (χ1n) is 9.37. The molecular weight excluding hydrogens is 406 g/mol. The average molecular weight is 432 g/mol. The minimum atomic E-state index is -0.449. The van der Waals surface area contributed by atoms with E-state index in [0.29, 0.717) is 28.7 Å². The number of carbonyl (C=O) groups is 2. The second kappa shape index (κ2) is 9.73. The molecule has 30 heavy (non-hydrogen) atoms. The molecule has 8 heteroatoms. The van der Waals surface area contributed by atoms with Crippen LogP contribution >= 0.6 is 0 Å². The number of esters is 1. The Kier molecular flexibility index (Phi) is 7.59. The first-order chi connectivity index (χ1) is 13.8. The fourth-order valence-electron chi connectivity index (χ4n) is 3.15. The number of methoxy groups -OCH3 is 1. The Morgan fingerprint density at radius 2 is 1.80 bits per heavy atom. The van der Waals surface area contributed by atoms with Gasteiger partial charge in [-0.3, -0.25) is 4.79 Å². The Labute approximate surface area is 182 Å². The van der Waals surface area contributed by atoms with Crippen LogP contribution in [0.25, 0.3) is 0 Å². The molecular formula is C22H26ClN3O4. The van der Waals surface area contributed by atoms with Crippen LogP contribution in [0.4, 0.5) is 0 Å². The van der Waals surface area contributed by atoms with Crippen LogP contribution in [0.3, 0.4) is 0 Å². The third kappa shape index (κ3) is 5.81. The molecule has 1 unspecified atom stereocenters. The van der Waals surface area contributed by atoms with Gasteiger partial charge in [-0.05, 0) is 35.9 Å². The number of hydrazone groups is 1. The van der Waals surface area contributed by atoms with Gasteiger partial charge in [0.1, 0.15) is 11.9 Å². The summed E-state index contributed by atoms with van der Waals surface area (Å²) in [5.41, 5.74) is 5.48. The second-order valence-corrected chi connectivity index (χ2v) is 7.96. The highest BCUT2D eigenvalue weighted by Crippen LogP contribution is 2.34. The van der Waals surface area contributed by atoms with E-state index in [0.717, 1.165) is 16.9 Å². The summed E-state index contributed by atoms with van der Waals surface area (Å²) in [6.07, 6.45) is -0.102. The predicted molar refractivity (Wildman–Crippen MR) is 110 cm³/mol. The van der Waals surface area contributed by atoms with Crippen molar-refractivity contribution in [1.29, 1.82) is 0 Å². The van der Waals surface area contributed by atoms with Crippen LogP contribution in [0, 0.1) is 0 Å². The van der Waals surface area contributed by atoms with Crippen molar-refractivity contribution in [2.45, 2.75) is 12.5 Å². The Morgan fingerprint density at radius 3 is 2.43 bits per heavy atom. The molecule has 1 amide bonds. The van der Waals surface area contributed by atoms with Gasteiger partial charge in [0.25, 0.3) is 5.91 Å². The Morgan fingerprint density at radius 1 is 1.13 bits per heavy atom. The summed E-state index contributed by atoms with van der Waals surface area (Å²) in [5, 5.41) is 4.37. The molecule has 0 saturated heterocycles. The van der Waals surface area contributed by atoms with Crippen molar-refractivity contribution < 1.29 is 36.0 Å². The number of nitrogens with zero attached hydrogens (tertiary/aromatic N) is 2. The first-order valence-corrected chi connectivity index (χ1v) is 9.37. The van der Waals surface area contributed by atoms with Crippen molar-refractivity contribution in [3.63, 3.8) is 0 Å². The number of cyclic esters (lactones) is 1. The molecule has 0 aliphatic carbocycles. The lowest BCUT2D eigenvalue weighted by atomic mass is 9.98. The van der Waals surface area contributed by atoms with Gasteiger partial charge < -0.3 is 26.4 Å². The molecule has 0 fully saturated rings. The number of hydrogen-bond donors (Lipinski definition) is 1. The molecule has 7 nitrogen and oxygen atoms in total. The van der Waals surface area contributed by atoms with Crippen molar-refractivity contribution >= 4 is 17.6 Å². The molecule has 1 N–H and O–H groups in total. The van der Waals surface area contributed by atoms with E-state index in [1.54, 1.807) is 13.2 Å². The summed E-state index contributed by atoms with van der Waals surface area (Å²) in [5.74, 6) is 0.195. The van der Waals surface area contributed by atoms with Gasteiger partial charge in [-0.1, -0.05) is 18.2 Å². The van der Waals surface area contributed by atoms with Gasteiger partial charge in [0.15, 0.2) is 6.54 Å². The SMILES string of the molecule is COc1ccc(/C(CC2OC(=O)c3ccccc32)=N\NC(=O)C[N+](C)(C)C)cc1.[Cl-]. The van der Waals surface area contributed by atoms with Crippen LogP contribution in [0.15, 0.2) is 53.6 Å². The maximum Gasteiger partial charge on any atom is 0.339 e. The lowest BCUT2D eigenvalue weighted by Gasteiger charge is -2.22. The lowest BCUT2D eigenvalue weighted by molar-refractivity contribution is -0.862. The Balaban J connectivity index is 0.00000320. The third-order valence-corrected chi connectivity index (χ3v) is 4.51. The second-order valence-electron chi connectivity index (χ2n) is 7.96. The molecule has 0 spiro atoms. The van der Waals surface area contributed by atoms with Crippen LogP contribution in [0.5, 0.6) is 5.75 Å². The van der Waals surface area contributed by atoms with Gasteiger partial charge in [-0.25, -0.2) is 10.2 Å². The minimum absolute atomic E-state index is 0. The van der Waals surface area contributed by atoms with Gasteiger partial charge >= 0.3 is 5.97 Å². The molecule has 0 aromatic heterocycles. The summed E-state index contributed by atoms with van der Waals surface area (Å²) in [6.45, 7) is 0.292. The average Bonchev–Trinajstić information content (AvgIpc) is 3.00. The number of likely N-dealkylation sites (N-methyl/N-ethyl adjacent to an activating group) is 1. The van der Waals surface area contributed by atoms with Crippen molar-refractivity contribution in [3.8, 4) is 5.75 Å². The number of nitrogens with one attached hydrogen (secondary N) is 1. The zero-order valence-electron chi connectivity index (χ0n) is 17.5. The molecule has 1 aliphatic heterocycles. The topological polar surface area (TPSA) is 77.0 Å². The Hall–Kier alpha value is -2.90. The minimum Gasteiger partial charge on any atom is -1.00 e. The zero-order chi connectivity index (χ0) is 21.0. The normalized spacial score (nSPS) is 15.7. The van der Waals surface area contributed by atoms with Crippen LogP contribution < -0.4 is 22.6 Å². The number of ether oxygens (including phenoxy) is 2. The molecule has 1 aliphatic rings. The van der Waals surface area contributed by atoms with Crippen molar-refractivity contribution in [2.75, 3.05) is 34.8 Å². The predicted octanol–water partition coefficient (Wildman–Crippen LogP) is -0.472. The van der Waals surface area contributed by atoms with Gasteiger partial charge in [-0.15, -0.1) is 0 Å². The fraction of sp³-hybridized carbons (Fsp3) is 0.318. The summed E-state index contributed by atoms with van der Waals surface area (Å²) < 4.78 is 11.3. The van der Waals surface area contributed by atoms with E-state index in [4.69, 9.17) is 9.47 Å². The molecule has 1 atom stereocenters. The van der Waals surface area contributed by atoms with Crippen LogP contribution in [0.1, 0.15) is 34.0 Å². The van der Waals surface area contributed by atoms with E-state index in [2.05, 4.69) is 10.5 Å². The summed E-state index contributed by atoms with van der Waals surface area (Å²) in [4.78, 5) is 24.4. The molecule has 0 saturated carbocycles. The highest BCUT2D eigenvalue weighted by molar-refractivity contribution is 6.02. The van der Waals surface area contributed by atoms with Crippen molar-refractivity contribution in [3.05, 3.63) is 65.2 Å². The van der Waals surface area contributed by atoms with E-state index < -0.39 is 6.10 Å². The van der Waals surface area contributed by atoms with Gasteiger partial charge in [0.2, 0.25) is 0 Å². The highest BCUT2D eigenvalue weighted by Gasteiger charge is 2.31. The van der Waals surface area contributed by atoms with Gasteiger partial charge in [0, 0.05) is 12.0 Å². The monoisotopic (exact) mass is 431 g/mol. The summed E-state index contributed by atoms with van der Waals surface area (Å²) in [6, 6.07) is 14.7. The molecule has 160 valence electrons. The van der Waals surface area contributed by atoms with Gasteiger partial charge in [0.05, 0.1) is 39.5 Å². The summed E-state index contributed by atoms with van der Waals surface area (Å²) >= 11 is 0. The number of amides is 1. The van der Waals surface area contributed by atoms with E-state index in [1.807, 2.05) is 63.6 Å². The van der Waals surface area contributed by atoms with Crippen LogP contribution in [-0.4, -0.2) is 56.9 Å². The molecule has 0 radical (unpaired) electrons. The van der Waals surface area contributed by atoms with Crippen LogP contribution in [-0.2, 0) is 9.53 Å². The molecule has 3 rings (SSSR count). The Bertz CT molecular complexity index is 936. The molecule has 2 aromatic rings.